The van der Waals surface area contributed by atoms with E-state index < -0.39 is 23.6 Å². The van der Waals surface area contributed by atoms with Crippen molar-refractivity contribution in [3.05, 3.63) is 94.8 Å². The zero-order valence-corrected chi connectivity index (χ0v) is 16.6. The third kappa shape index (κ3) is 6.22. The van der Waals surface area contributed by atoms with E-state index in [1.165, 1.54) is 30.5 Å². The van der Waals surface area contributed by atoms with Crippen molar-refractivity contribution in [2.75, 3.05) is 5.32 Å². The van der Waals surface area contributed by atoms with Crippen LogP contribution in [0.5, 0.6) is 5.75 Å². The Morgan fingerprint density at radius 2 is 1.58 bits per heavy atom. The Morgan fingerprint density at radius 1 is 0.903 bits per heavy atom. The van der Waals surface area contributed by atoms with Crippen LogP contribution in [0.2, 0.25) is 5.02 Å². The minimum atomic E-state index is -1.03. The predicted octanol–water partition coefficient (Wildman–Crippen LogP) is 3.79. The van der Waals surface area contributed by atoms with E-state index in [-0.39, 0.29) is 11.4 Å². The summed E-state index contributed by atoms with van der Waals surface area (Å²) in [6, 6.07) is 17.6. The first-order valence-electron chi connectivity index (χ1n) is 8.89. The smallest absolute Gasteiger partial charge is 0.343 e. The minimum absolute atomic E-state index is 0.205. The number of hydrogen-bond acceptors (Lipinski definition) is 5. The highest BCUT2D eigenvalue weighted by atomic mass is 35.5. The van der Waals surface area contributed by atoms with Gasteiger partial charge in [0, 0.05) is 16.3 Å². The fourth-order valence-electron chi connectivity index (χ4n) is 2.36. The van der Waals surface area contributed by atoms with E-state index >= 15 is 0 Å². The van der Waals surface area contributed by atoms with Crippen LogP contribution in [-0.4, -0.2) is 24.0 Å². The van der Waals surface area contributed by atoms with Crippen molar-refractivity contribution >= 4 is 41.3 Å². The third-order valence-corrected chi connectivity index (χ3v) is 4.13. The number of para-hydroxylation sites is 1. The van der Waals surface area contributed by atoms with Crippen LogP contribution in [0.15, 0.2) is 77.9 Å². The van der Waals surface area contributed by atoms with Gasteiger partial charge >= 0.3 is 17.8 Å². The minimum Gasteiger partial charge on any atom is -0.422 e. The summed E-state index contributed by atoms with van der Waals surface area (Å²) in [4.78, 5) is 36.0. The lowest BCUT2D eigenvalue weighted by Gasteiger charge is -2.07. The molecule has 0 aliphatic heterocycles. The number of ether oxygens (including phenoxy) is 1. The van der Waals surface area contributed by atoms with Crippen LogP contribution < -0.4 is 15.5 Å². The molecule has 31 heavy (non-hydrogen) atoms. The molecule has 0 saturated carbocycles. The van der Waals surface area contributed by atoms with E-state index in [9.17, 15) is 18.8 Å². The molecule has 0 atom stereocenters. The molecule has 0 aromatic heterocycles. The molecule has 3 aromatic rings. The molecule has 3 aromatic carbocycles. The maximum atomic E-state index is 12.9. The number of carbonyl (C=O) groups excluding carboxylic acids is 3. The summed E-state index contributed by atoms with van der Waals surface area (Å²) in [6.07, 6.45) is 1.23. The van der Waals surface area contributed by atoms with E-state index in [0.29, 0.717) is 16.1 Å². The van der Waals surface area contributed by atoms with Crippen LogP contribution in [0.3, 0.4) is 0 Å². The first-order chi connectivity index (χ1) is 14.9. The number of nitrogens with one attached hydrogen (secondary N) is 2. The Hall–Kier alpha value is -4.04. The molecule has 0 saturated heterocycles. The molecule has 2 N–H and O–H groups in total. The highest BCUT2D eigenvalue weighted by Gasteiger charge is 2.14. The summed E-state index contributed by atoms with van der Waals surface area (Å²) in [7, 11) is 0. The maximum absolute atomic E-state index is 12.9. The number of halogens is 2. The van der Waals surface area contributed by atoms with Crippen LogP contribution >= 0.6 is 11.6 Å². The average molecular weight is 440 g/mol. The first-order valence-corrected chi connectivity index (χ1v) is 9.27. The van der Waals surface area contributed by atoms with Crippen LogP contribution in [-0.2, 0) is 9.59 Å². The number of benzene rings is 3. The van der Waals surface area contributed by atoms with Crippen LogP contribution in [0.4, 0.5) is 10.1 Å². The van der Waals surface area contributed by atoms with Gasteiger partial charge in [0.25, 0.3) is 0 Å². The number of esters is 1. The van der Waals surface area contributed by atoms with Gasteiger partial charge in [0.2, 0.25) is 0 Å². The summed E-state index contributed by atoms with van der Waals surface area (Å²) >= 11 is 5.81. The number of amides is 2. The second-order valence-corrected chi connectivity index (χ2v) is 6.53. The lowest BCUT2D eigenvalue weighted by atomic mass is 10.2. The SMILES string of the molecule is O=C(N/N=C/c1ccccc1OC(=O)c1ccc(Cl)cc1)C(=O)Nc1ccc(F)cc1. The predicted molar refractivity (Wildman–Crippen MR) is 114 cm³/mol. The molecule has 2 amide bonds. The van der Waals surface area contributed by atoms with Crippen molar-refractivity contribution in [1.29, 1.82) is 0 Å². The molecule has 3 rings (SSSR count). The standard InChI is InChI=1S/C22H15ClFN3O4/c23-16-7-5-14(6-8-16)22(30)31-19-4-2-1-3-15(19)13-25-27-21(29)20(28)26-18-11-9-17(24)10-12-18/h1-13H,(H,26,28)(H,27,29)/b25-13+. The average Bonchev–Trinajstić information content (AvgIpc) is 2.76. The zero-order valence-electron chi connectivity index (χ0n) is 15.8. The van der Waals surface area contributed by atoms with Gasteiger partial charge in [-0.25, -0.2) is 14.6 Å². The Labute approximate surface area is 181 Å². The largest absolute Gasteiger partial charge is 0.422 e. The second kappa shape index (κ2) is 10.1. The molecule has 156 valence electrons. The lowest BCUT2D eigenvalue weighted by molar-refractivity contribution is -0.136. The van der Waals surface area contributed by atoms with E-state index in [2.05, 4.69) is 15.8 Å². The van der Waals surface area contributed by atoms with Gasteiger partial charge in [-0.15, -0.1) is 0 Å². The van der Waals surface area contributed by atoms with Gasteiger partial charge in [-0.05, 0) is 60.7 Å². The Kier molecular flexibility index (Phi) is 7.08. The molecule has 0 unspecified atom stereocenters. The molecule has 7 nitrogen and oxygen atoms in total. The summed E-state index contributed by atoms with van der Waals surface area (Å²) in [5.74, 6) is -2.87. The zero-order chi connectivity index (χ0) is 22.2. The van der Waals surface area contributed by atoms with Crippen molar-refractivity contribution in [3.8, 4) is 5.75 Å². The van der Waals surface area contributed by atoms with Gasteiger partial charge in [0.15, 0.2) is 0 Å². The van der Waals surface area contributed by atoms with Gasteiger partial charge in [-0.1, -0.05) is 23.7 Å². The van der Waals surface area contributed by atoms with E-state index in [1.54, 1.807) is 36.4 Å². The normalized spacial score (nSPS) is 10.5. The Bertz CT molecular complexity index is 1130. The topological polar surface area (TPSA) is 96.9 Å². The number of hydrazone groups is 1. The van der Waals surface area contributed by atoms with E-state index in [1.807, 2.05) is 0 Å². The second-order valence-electron chi connectivity index (χ2n) is 6.09. The molecule has 0 radical (unpaired) electrons. The summed E-state index contributed by atoms with van der Waals surface area (Å²) in [5, 5.41) is 6.51. The Balaban J connectivity index is 1.61. The quantitative estimate of drug-likeness (QED) is 0.208. The number of nitrogens with zero attached hydrogens (tertiary/aromatic N) is 1. The number of rotatable bonds is 5. The number of carbonyl (C=O) groups is 3. The summed E-state index contributed by atoms with van der Waals surface area (Å²) in [5.41, 5.74) is 3.02. The monoisotopic (exact) mass is 439 g/mol. The van der Waals surface area contributed by atoms with Gasteiger partial charge < -0.3 is 10.1 Å². The van der Waals surface area contributed by atoms with Crippen LogP contribution in [0.1, 0.15) is 15.9 Å². The number of anilines is 1. The van der Waals surface area contributed by atoms with Gasteiger partial charge in [0.1, 0.15) is 11.6 Å². The van der Waals surface area contributed by atoms with E-state index in [0.717, 1.165) is 12.1 Å². The molecule has 0 aliphatic rings. The van der Waals surface area contributed by atoms with Crippen LogP contribution in [0.25, 0.3) is 0 Å². The van der Waals surface area contributed by atoms with Crippen molar-refractivity contribution in [3.63, 3.8) is 0 Å². The van der Waals surface area contributed by atoms with Crippen molar-refractivity contribution in [1.82, 2.24) is 5.43 Å². The molecule has 0 spiro atoms. The van der Waals surface area contributed by atoms with Gasteiger partial charge in [0.05, 0.1) is 11.8 Å². The highest BCUT2D eigenvalue weighted by molar-refractivity contribution is 6.39. The van der Waals surface area contributed by atoms with Crippen LogP contribution in [0, 0.1) is 5.82 Å². The first kappa shape index (κ1) is 21.7. The molecule has 0 heterocycles. The Morgan fingerprint density at radius 3 is 2.29 bits per heavy atom. The summed E-state index contributed by atoms with van der Waals surface area (Å²) in [6.45, 7) is 0. The van der Waals surface area contributed by atoms with Crippen molar-refractivity contribution < 1.29 is 23.5 Å². The molecule has 0 fully saturated rings. The fraction of sp³-hybridized carbons (Fsp3) is 0. The molecule has 9 heteroatoms. The van der Waals surface area contributed by atoms with E-state index in [4.69, 9.17) is 16.3 Å². The molecule has 0 aliphatic carbocycles. The summed E-state index contributed by atoms with van der Waals surface area (Å²) < 4.78 is 18.3. The molecule has 0 bridgehead atoms. The maximum Gasteiger partial charge on any atom is 0.343 e. The molecular weight excluding hydrogens is 425 g/mol. The third-order valence-electron chi connectivity index (χ3n) is 3.88. The fourth-order valence-corrected chi connectivity index (χ4v) is 2.48. The highest BCUT2D eigenvalue weighted by Crippen LogP contribution is 2.18. The van der Waals surface area contributed by atoms with Gasteiger partial charge in [-0.2, -0.15) is 5.10 Å². The van der Waals surface area contributed by atoms with Crippen molar-refractivity contribution in [2.45, 2.75) is 0 Å². The van der Waals surface area contributed by atoms with Crippen molar-refractivity contribution in [2.24, 2.45) is 5.10 Å². The van der Waals surface area contributed by atoms with Gasteiger partial charge in [-0.3, -0.25) is 9.59 Å². The lowest BCUT2D eigenvalue weighted by Crippen LogP contribution is -2.32. The number of hydrogen-bond donors (Lipinski definition) is 2. The molecular formula is C22H15ClFN3O4.